The van der Waals surface area contributed by atoms with Crippen molar-refractivity contribution in [1.82, 2.24) is 4.90 Å². The van der Waals surface area contributed by atoms with Crippen molar-refractivity contribution in [3.63, 3.8) is 0 Å². The Morgan fingerprint density at radius 2 is 1.73 bits per heavy atom. The number of nitriles is 1. The van der Waals surface area contributed by atoms with Gasteiger partial charge in [0, 0.05) is 0 Å². The van der Waals surface area contributed by atoms with Crippen LogP contribution in [0.15, 0.2) is 24.3 Å². The summed E-state index contributed by atoms with van der Waals surface area (Å²) in [5.41, 5.74) is 2.32. The molecule has 15 heavy (non-hydrogen) atoms. The van der Waals surface area contributed by atoms with Gasteiger partial charge >= 0.3 is 0 Å². The Morgan fingerprint density at radius 1 is 1.20 bits per heavy atom. The smallest absolute Gasteiger partial charge is 0.123 e. The van der Waals surface area contributed by atoms with Gasteiger partial charge in [-0.25, -0.2) is 0 Å². The zero-order valence-corrected chi connectivity index (χ0v) is 9.70. The summed E-state index contributed by atoms with van der Waals surface area (Å²) in [6, 6.07) is 10.5. The van der Waals surface area contributed by atoms with Gasteiger partial charge in [0.1, 0.15) is 6.04 Å². The molecule has 1 unspecified atom stereocenters. The van der Waals surface area contributed by atoms with Crippen molar-refractivity contribution in [3.8, 4) is 6.07 Å². The van der Waals surface area contributed by atoms with E-state index in [-0.39, 0.29) is 6.04 Å². The standard InChI is InChI=1S/C13H18N2/c1-4-15(5-2)13(10-14)12-8-6-11(3)7-9-12/h6-9,13H,4-5H2,1-3H3. The van der Waals surface area contributed by atoms with Gasteiger partial charge in [0.2, 0.25) is 0 Å². The summed E-state index contributed by atoms with van der Waals surface area (Å²) in [6.45, 7) is 8.04. The van der Waals surface area contributed by atoms with Crippen molar-refractivity contribution in [3.05, 3.63) is 35.4 Å². The van der Waals surface area contributed by atoms with Crippen molar-refractivity contribution < 1.29 is 0 Å². The minimum absolute atomic E-state index is 0.111. The lowest BCUT2D eigenvalue weighted by Crippen LogP contribution is -2.27. The highest BCUT2D eigenvalue weighted by Crippen LogP contribution is 2.19. The Labute approximate surface area is 92.1 Å². The third-order valence-corrected chi connectivity index (χ3v) is 2.69. The van der Waals surface area contributed by atoms with Crippen molar-refractivity contribution in [1.29, 1.82) is 5.26 Å². The lowest BCUT2D eigenvalue weighted by molar-refractivity contribution is 0.262. The lowest BCUT2D eigenvalue weighted by atomic mass is 10.0. The minimum atomic E-state index is -0.111. The average Bonchev–Trinajstić information content (AvgIpc) is 2.27. The highest BCUT2D eigenvalue weighted by Gasteiger charge is 2.16. The normalized spacial score (nSPS) is 12.5. The molecule has 0 fully saturated rings. The molecule has 0 amide bonds. The van der Waals surface area contributed by atoms with Gasteiger partial charge in [0.25, 0.3) is 0 Å². The van der Waals surface area contributed by atoms with E-state index in [0.29, 0.717) is 0 Å². The van der Waals surface area contributed by atoms with Crippen molar-refractivity contribution in [2.24, 2.45) is 0 Å². The molecule has 0 heterocycles. The summed E-state index contributed by atoms with van der Waals surface area (Å²) in [5.74, 6) is 0. The topological polar surface area (TPSA) is 27.0 Å². The summed E-state index contributed by atoms with van der Waals surface area (Å²) in [7, 11) is 0. The van der Waals surface area contributed by atoms with Crippen molar-refractivity contribution >= 4 is 0 Å². The molecule has 1 atom stereocenters. The second-order valence-electron chi connectivity index (χ2n) is 3.66. The van der Waals surface area contributed by atoms with E-state index in [1.807, 2.05) is 12.1 Å². The first kappa shape index (κ1) is 11.7. The molecule has 1 rings (SSSR count). The number of hydrogen-bond donors (Lipinski definition) is 0. The zero-order chi connectivity index (χ0) is 11.3. The predicted octanol–water partition coefficient (Wildman–Crippen LogP) is 2.90. The Kier molecular flexibility index (Phi) is 4.33. The van der Waals surface area contributed by atoms with Crippen molar-refractivity contribution in [2.45, 2.75) is 26.8 Å². The molecule has 2 nitrogen and oxygen atoms in total. The summed E-state index contributed by atoms with van der Waals surface area (Å²) in [5, 5.41) is 9.19. The molecule has 0 radical (unpaired) electrons. The highest BCUT2D eigenvalue weighted by atomic mass is 15.1. The fourth-order valence-electron chi connectivity index (χ4n) is 1.70. The van der Waals surface area contributed by atoms with Crippen LogP contribution in [0.3, 0.4) is 0 Å². The van der Waals surface area contributed by atoms with E-state index < -0.39 is 0 Å². The van der Waals surface area contributed by atoms with Gasteiger partial charge in [-0.05, 0) is 25.6 Å². The number of nitrogens with zero attached hydrogens (tertiary/aromatic N) is 2. The summed E-state index contributed by atoms with van der Waals surface area (Å²) >= 11 is 0. The Balaban J connectivity index is 2.92. The van der Waals surface area contributed by atoms with Gasteiger partial charge < -0.3 is 0 Å². The van der Waals surface area contributed by atoms with Gasteiger partial charge in [0.15, 0.2) is 0 Å². The van der Waals surface area contributed by atoms with Crippen LogP contribution in [-0.2, 0) is 0 Å². The van der Waals surface area contributed by atoms with Gasteiger partial charge in [-0.2, -0.15) is 5.26 Å². The molecule has 1 aromatic carbocycles. The predicted molar refractivity (Wildman–Crippen MR) is 62.5 cm³/mol. The van der Waals surface area contributed by atoms with Gasteiger partial charge in [-0.3, -0.25) is 4.90 Å². The molecule has 0 aliphatic heterocycles. The molecule has 0 N–H and O–H groups in total. The van der Waals surface area contributed by atoms with Crippen LogP contribution >= 0.6 is 0 Å². The van der Waals surface area contributed by atoms with E-state index in [4.69, 9.17) is 0 Å². The largest absolute Gasteiger partial charge is 0.285 e. The maximum Gasteiger partial charge on any atom is 0.123 e. The maximum atomic E-state index is 9.19. The molecular formula is C13H18N2. The van der Waals surface area contributed by atoms with Crippen LogP contribution in [0, 0.1) is 18.3 Å². The van der Waals surface area contributed by atoms with Gasteiger partial charge in [-0.1, -0.05) is 43.7 Å². The van der Waals surface area contributed by atoms with E-state index in [0.717, 1.165) is 18.7 Å². The molecule has 0 bridgehead atoms. The zero-order valence-electron chi connectivity index (χ0n) is 9.70. The van der Waals surface area contributed by atoms with Crippen LogP contribution in [0.25, 0.3) is 0 Å². The lowest BCUT2D eigenvalue weighted by Gasteiger charge is -2.24. The molecule has 1 aromatic rings. The Bertz CT molecular complexity index is 331. The number of aryl methyl sites for hydroxylation is 1. The quantitative estimate of drug-likeness (QED) is 0.750. The van der Waals surface area contributed by atoms with Gasteiger partial charge in [-0.15, -0.1) is 0 Å². The van der Waals surface area contributed by atoms with Crippen LogP contribution in [0.2, 0.25) is 0 Å². The first-order valence-electron chi connectivity index (χ1n) is 5.43. The second-order valence-corrected chi connectivity index (χ2v) is 3.66. The summed E-state index contributed by atoms with van der Waals surface area (Å²) in [4.78, 5) is 2.16. The summed E-state index contributed by atoms with van der Waals surface area (Å²) < 4.78 is 0. The number of benzene rings is 1. The fourth-order valence-corrected chi connectivity index (χ4v) is 1.70. The Hall–Kier alpha value is -1.33. The van der Waals surface area contributed by atoms with E-state index >= 15 is 0 Å². The van der Waals surface area contributed by atoms with Crippen molar-refractivity contribution in [2.75, 3.05) is 13.1 Å². The maximum absolute atomic E-state index is 9.19. The molecule has 0 aliphatic rings. The SMILES string of the molecule is CCN(CC)C(C#N)c1ccc(C)cc1. The van der Waals surface area contributed by atoms with E-state index in [2.05, 4.69) is 43.9 Å². The fraction of sp³-hybridized carbons (Fsp3) is 0.462. The first-order chi connectivity index (χ1) is 7.22. The summed E-state index contributed by atoms with van der Waals surface area (Å²) in [6.07, 6.45) is 0. The Morgan fingerprint density at radius 3 is 2.13 bits per heavy atom. The molecule has 0 aromatic heterocycles. The third-order valence-electron chi connectivity index (χ3n) is 2.69. The van der Waals surface area contributed by atoms with Gasteiger partial charge in [0.05, 0.1) is 6.07 Å². The van der Waals surface area contributed by atoms with E-state index in [1.54, 1.807) is 0 Å². The van der Waals surface area contributed by atoms with Crippen LogP contribution in [-0.4, -0.2) is 18.0 Å². The van der Waals surface area contributed by atoms with E-state index in [9.17, 15) is 5.26 Å². The molecule has 2 heteroatoms. The average molecular weight is 202 g/mol. The minimum Gasteiger partial charge on any atom is -0.285 e. The molecule has 0 aliphatic carbocycles. The van der Waals surface area contributed by atoms with Crippen LogP contribution in [0.4, 0.5) is 0 Å². The van der Waals surface area contributed by atoms with Crippen LogP contribution in [0.1, 0.15) is 31.0 Å². The van der Waals surface area contributed by atoms with E-state index in [1.165, 1.54) is 5.56 Å². The highest BCUT2D eigenvalue weighted by molar-refractivity contribution is 5.27. The monoisotopic (exact) mass is 202 g/mol. The number of hydrogen-bond acceptors (Lipinski definition) is 2. The van der Waals surface area contributed by atoms with Crippen LogP contribution in [0.5, 0.6) is 0 Å². The number of rotatable bonds is 4. The van der Waals surface area contributed by atoms with Crippen LogP contribution < -0.4 is 0 Å². The molecule has 80 valence electrons. The molecule has 0 spiro atoms. The molecule has 0 saturated carbocycles. The second kappa shape index (κ2) is 5.53. The molecular weight excluding hydrogens is 184 g/mol. The molecule has 0 saturated heterocycles. The first-order valence-corrected chi connectivity index (χ1v) is 5.43. The third kappa shape index (κ3) is 2.81.